The van der Waals surface area contributed by atoms with E-state index in [2.05, 4.69) is 11.8 Å². The average Bonchev–Trinajstić information content (AvgIpc) is 2.89. The number of rotatable bonds is 1. The van der Waals surface area contributed by atoms with Crippen LogP contribution in [-0.2, 0) is 9.53 Å². The Bertz CT molecular complexity index is 280. The van der Waals surface area contributed by atoms with Crippen molar-refractivity contribution in [2.24, 2.45) is 11.8 Å². The lowest BCUT2D eigenvalue weighted by atomic mass is 10.0. The van der Waals surface area contributed by atoms with E-state index in [0.29, 0.717) is 0 Å². The predicted octanol–water partition coefficient (Wildman–Crippen LogP) is 1.81. The molecule has 16 heavy (non-hydrogen) atoms. The van der Waals surface area contributed by atoms with Gasteiger partial charge in [-0.2, -0.15) is 0 Å². The molecule has 2 aliphatic heterocycles. The molecule has 4 atom stereocenters. The second-order valence-electron chi connectivity index (χ2n) is 5.71. The van der Waals surface area contributed by atoms with Crippen LogP contribution in [0.1, 0.15) is 39.0 Å². The summed E-state index contributed by atoms with van der Waals surface area (Å²) in [4.78, 5) is 14.3. The summed E-state index contributed by atoms with van der Waals surface area (Å²) in [6.07, 6.45) is 6.13. The lowest BCUT2D eigenvalue weighted by Gasteiger charge is -2.21. The molecule has 0 aromatic heterocycles. The van der Waals surface area contributed by atoms with Crippen molar-refractivity contribution in [2.45, 2.75) is 51.2 Å². The van der Waals surface area contributed by atoms with Crippen molar-refractivity contribution in [3.05, 3.63) is 0 Å². The number of nitrogens with zero attached hydrogens (tertiary/aromatic N) is 1. The first kappa shape index (κ1) is 10.6. The number of amides is 1. The fourth-order valence-corrected chi connectivity index (χ4v) is 3.60. The molecule has 3 nitrogen and oxygen atoms in total. The normalized spacial score (nSPS) is 42.7. The van der Waals surface area contributed by atoms with Crippen LogP contribution in [0.25, 0.3) is 0 Å². The van der Waals surface area contributed by atoms with Crippen LogP contribution in [0.15, 0.2) is 0 Å². The van der Waals surface area contributed by atoms with Crippen LogP contribution in [-0.4, -0.2) is 36.1 Å². The Morgan fingerprint density at radius 1 is 1.12 bits per heavy atom. The molecule has 0 aromatic rings. The smallest absolute Gasteiger partial charge is 0.251 e. The van der Waals surface area contributed by atoms with Crippen LogP contribution in [0.4, 0.5) is 0 Å². The Kier molecular flexibility index (Phi) is 2.66. The van der Waals surface area contributed by atoms with Crippen molar-refractivity contribution in [2.75, 3.05) is 13.1 Å². The van der Waals surface area contributed by atoms with Crippen molar-refractivity contribution in [1.29, 1.82) is 0 Å². The first-order valence-electron chi connectivity index (χ1n) is 6.68. The third kappa shape index (κ3) is 1.75. The fraction of sp³-hybridized carbons (Fsp3) is 0.923. The van der Waals surface area contributed by atoms with E-state index in [-0.39, 0.29) is 18.1 Å². The van der Waals surface area contributed by atoms with Gasteiger partial charge >= 0.3 is 0 Å². The molecule has 3 fully saturated rings. The highest BCUT2D eigenvalue weighted by molar-refractivity contribution is 5.81. The quantitative estimate of drug-likeness (QED) is 0.678. The van der Waals surface area contributed by atoms with Crippen molar-refractivity contribution in [3.63, 3.8) is 0 Å². The zero-order valence-electron chi connectivity index (χ0n) is 10.0. The molecule has 2 saturated heterocycles. The molecule has 90 valence electrons. The molecule has 3 aliphatic rings. The molecule has 3 heteroatoms. The molecule has 0 unspecified atom stereocenters. The summed E-state index contributed by atoms with van der Waals surface area (Å²) >= 11 is 0. The first-order chi connectivity index (χ1) is 7.74. The second-order valence-corrected chi connectivity index (χ2v) is 5.71. The lowest BCUT2D eigenvalue weighted by molar-refractivity contribution is -0.141. The van der Waals surface area contributed by atoms with Gasteiger partial charge in [-0.15, -0.1) is 0 Å². The van der Waals surface area contributed by atoms with Gasteiger partial charge in [0.2, 0.25) is 0 Å². The molecular weight excluding hydrogens is 202 g/mol. The Labute approximate surface area is 97.1 Å². The molecule has 1 saturated carbocycles. The van der Waals surface area contributed by atoms with Gasteiger partial charge in [0, 0.05) is 13.1 Å². The summed E-state index contributed by atoms with van der Waals surface area (Å²) in [5.74, 6) is 1.85. The van der Waals surface area contributed by atoms with Crippen molar-refractivity contribution in [3.8, 4) is 0 Å². The summed E-state index contributed by atoms with van der Waals surface area (Å²) < 4.78 is 5.67. The highest BCUT2D eigenvalue weighted by Crippen LogP contribution is 2.38. The number of carbonyl (C=O) groups excluding carboxylic acids is 1. The minimum absolute atomic E-state index is 0.131. The number of ether oxygens (including phenoxy) is 1. The van der Waals surface area contributed by atoms with E-state index in [9.17, 15) is 4.79 Å². The SMILES string of the molecule is C[C@@H]1CC[C@H](C(=O)N2C[C@H]3CCC[C@@H]3C2)O1. The maximum atomic E-state index is 12.2. The van der Waals surface area contributed by atoms with Crippen molar-refractivity contribution in [1.82, 2.24) is 4.90 Å². The van der Waals surface area contributed by atoms with E-state index in [1.165, 1.54) is 19.3 Å². The largest absolute Gasteiger partial charge is 0.365 e. The predicted molar refractivity (Wildman–Crippen MR) is 61.0 cm³/mol. The van der Waals surface area contributed by atoms with Crippen LogP contribution in [0.5, 0.6) is 0 Å². The van der Waals surface area contributed by atoms with E-state index in [1.54, 1.807) is 0 Å². The van der Waals surface area contributed by atoms with Gasteiger partial charge < -0.3 is 9.64 Å². The van der Waals surface area contributed by atoms with Gasteiger partial charge in [-0.1, -0.05) is 6.42 Å². The maximum Gasteiger partial charge on any atom is 0.251 e. The van der Waals surface area contributed by atoms with Gasteiger partial charge in [-0.3, -0.25) is 4.79 Å². The second kappa shape index (κ2) is 4.02. The molecule has 0 spiro atoms. The van der Waals surface area contributed by atoms with Gasteiger partial charge in [0.25, 0.3) is 5.91 Å². The first-order valence-corrected chi connectivity index (χ1v) is 6.68. The van der Waals surface area contributed by atoms with Crippen LogP contribution < -0.4 is 0 Å². The highest BCUT2D eigenvalue weighted by Gasteiger charge is 2.41. The molecule has 1 aliphatic carbocycles. The summed E-state index contributed by atoms with van der Waals surface area (Å²) in [5.41, 5.74) is 0. The molecule has 1 amide bonds. The molecule has 0 N–H and O–H groups in total. The number of likely N-dealkylation sites (tertiary alicyclic amines) is 1. The van der Waals surface area contributed by atoms with Crippen LogP contribution in [0, 0.1) is 11.8 Å². The molecule has 2 heterocycles. The monoisotopic (exact) mass is 223 g/mol. The van der Waals surface area contributed by atoms with Gasteiger partial charge in [0.05, 0.1) is 6.10 Å². The van der Waals surface area contributed by atoms with Gasteiger partial charge in [0.1, 0.15) is 6.10 Å². The molecule has 0 bridgehead atoms. The van der Waals surface area contributed by atoms with E-state index >= 15 is 0 Å². The maximum absolute atomic E-state index is 12.2. The number of carbonyl (C=O) groups is 1. The molecule has 0 radical (unpaired) electrons. The zero-order valence-corrected chi connectivity index (χ0v) is 10.0. The Hall–Kier alpha value is -0.570. The van der Waals surface area contributed by atoms with Crippen LogP contribution in [0.3, 0.4) is 0 Å². The third-order valence-electron chi connectivity index (χ3n) is 4.55. The van der Waals surface area contributed by atoms with Gasteiger partial charge in [-0.05, 0) is 44.4 Å². The molecule has 0 aromatic carbocycles. The van der Waals surface area contributed by atoms with E-state index in [4.69, 9.17) is 4.74 Å². The van der Waals surface area contributed by atoms with Crippen LogP contribution in [0.2, 0.25) is 0 Å². The van der Waals surface area contributed by atoms with Crippen molar-refractivity contribution >= 4 is 5.91 Å². The van der Waals surface area contributed by atoms with E-state index < -0.39 is 0 Å². The van der Waals surface area contributed by atoms with Gasteiger partial charge in [0.15, 0.2) is 0 Å². The summed E-state index contributed by atoms with van der Waals surface area (Å²) in [6.45, 7) is 4.06. The molecular formula is C13H21NO2. The molecule has 3 rings (SSSR count). The van der Waals surface area contributed by atoms with Gasteiger partial charge in [-0.25, -0.2) is 0 Å². The minimum Gasteiger partial charge on any atom is -0.365 e. The standard InChI is InChI=1S/C13H21NO2/c1-9-5-6-12(16-9)13(15)14-7-10-3-2-4-11(10)8-14/h9-12H,2-8H2,1H3/t9-,10-,11-,12-/m1/s1. The van der Waals surface area contributed by atoms with E-state index in [0.717, 1.165) is 37.8 Å². The van der Waals surface area contributed by atoms with E-state index in [1.807, 2.05) is 0 Å². The topological polar surface area (TPSA) is 29.5 Å². The summed E-state index contributed by atoms with van der Waals surface area (Å²) in [6, 6.07) is 0. The average molecular weight is 223 g/mol. The number of hydrogen-bond donors (Lipinski definition) is 0. The summed E-state index contributed by atoms with van der Waals surface area (Å²) in [5, 5.41) is 0. The van der Waals surface area contributed by atoms with Crippen molar-refractivity contribution < 1.29 is 9.53 Å². The number of fused-ring (bicyclic) bond motifs is 1. The van der Waals surface area contributed by atoms with Crippen LogP contribution >= 0.6 is 0 Å². The fourth-order valence-electron chi connectivity index (χ4n) is 3.60. The zero-order chi connectivity index (χ0) is 11.1. The Balaban J connectivity index is 1.60. The Morgan fingerprint density at radius 2 is 1.81 bits per heavy atom. The third-order valence-corrected chi connectivity index (χ3v) is 4.55. The lowest BCUT2D eigenvalue weighted by Crippen LogP contribution is -2.38. The summed E-state index contributed by atoms with van der Waals surface area (Å²) in [7, 11) is 0. The number of hydrogen-bond acceptors (Lipinski definition) is 2. The highest BCUT2D eigenvalue weighted by atomic mass is 16.5. The Morgan fingerprint density at radius 3 is 2.38 bits per heavy atom. The minimum atomic E-state index is -0.131.